The van der Waals surface area contributed by atoms with Crippen LogP contribution in [0, 0.1) is 0 Å². The number of likely N-dealkylation sites (N-methyl/N-ethyl adjacent to an activating group) is 1. The molecule has 1 aromatic heterocycles. The predicted molar refractivity (Wildman–Crippen MR) is 114 cm³/mol. The molecule has 28 heavy (non-hydrogen) atoms. The van der Waals surface area contributed by atoms with Gasteiger partial charge in [0.1, 0.15) is 0 Å². The molecule has 0 fully saturated rings. The molecule has 3 rings (SSSR count). The fraction of sp³-hybridized carbons (Fsp3) is 0.182. The van der Waals surface area contributed by atoms with Crippen LogP contribution in [0.4, 0.5) is 5.69 Å². The van der Waals surface area contributed by atoms with Gasteiger partial charge in [-0.15, -0.1) is 11.3 Å². The molecule has 3 aromatic rings. The van der Waals surface area contributed by atoms with Gasteiger partial charge in [0.15, 0.2) is 0 Å². The molecule has 2 aromatic carbocycles. The number of hydrogen-bond acceptors (Lipinski definition) is 4. The normalized spacial score (nSPS) is 11.8. The highest BCUT2D eigenvalue weighted by atomic mass is 32.1. The molecule has 6 heteroatoms. The molecule has 1 heterocycles. The number of thiophene rings is 1. The highest BCUT2D eigenvalue weighted by molar-refractivity contribution is 7.10. The number of amides is 2. The van der Waals surface area contributed by atoms with Crippen LogP contribution in [0.25, 0.3) is 0 Å². The number of anilines is 1. The Kier molecular flexibility index (Phi) is 6.57. The number of benzene rings is 2. The molecule has 0 aliphatic rings. The van der Waals surface area contributed by atoms with Crippen molar-refractivity contribution in [3.63, 3.8) is 0 Å². The quantitative estimate of drug-likeness (QED) is 0.637. The number of carbonyl (C=O) groups excluding carboxylic acids is 2. The summed E-state index contributed by atoms with van der Waals surface area (Å²) in [5.41, 5.74) is 1.80. The van der Waals surface area contributed by atoms with Crippen LogP contribution in [-0.4, -0.2) is 37.4 Å². The van der Waals surface area contributed by atoms with Gasteiger partial charge >= 0.3 is 0 Å². The van der Waals surface area contributed by atoms with Crippen molar-refractivity contribution in [2.24, 2.45) is 0 Å². The van der Waals surface area contributed by atoms with Crippen molar-refractivity contribution in [3.05, 3.63) is 88.1 Å². The smallest absolute Gasteiger partial charge is 0.255 e. The van der Waals surface area contributed by atoms with E-state index in [2.05, 4.69) is 21.6 Å². The Bertz CT molecular complexity index is 907. The average molecular weight is 394 g/mol. The molecule has 0 radical (unpaired) electrons. The molecule has 0 saturated carbocycles. The van der Waals surface area contributed by atoms with E-state index in [1.165, 1.54) is 4.88 Å². The standard InChI is InChI=1S/C22H23N3O2S/c1-25(2)19(20-9-6-14-28-20)15-23-21(26)17-10-12-18(13-11-17)24-22(27)16-7-4-3-5-8-16/h3-14,19H,15H2,1-2H3,(H,23,26)(H,24,27). The van der Waals surface area contributed by atoms with Crippen LogP contribution in [-0.2, 0) is 0 Å². The number of hydrogen-bond donors (Lipinski definition) is 2. The van der Waals surface area contributed by atoms with Gasteiger partial charge in [-0.25, -0.2) is 0 Å². The number of nitrogens with one attached hydrogen (secondary N) is 2. The van der Waals surface area contributed by atoms with Crippen LogP contribution >= 0.6 is 11.3 Å². The van der Waals surface area contributed by atoms with Gasteiger partial charge in [0, 0.05) is 28.2 Å². The van der Waals surface area contributed by atoms with Gasteiger partial charge in [-0.05, 0) is 61.9 Å². The highest BCUT2D eigenvalue weighted by Crippen LogP contribution is 2.22. The Morgan fingerprint density at radius 2 is 1.57 bits per heavy atom. The van der Waals surface area contributed by atoms with Crippen LogP contribution in [0.15, 0.2) is 72.1 Å². The lowest BCUT2D eigenvalue weighted by molar-refractivity contribution is 0.0941. The molecule has 2 N–H and O–H groups in total. The highest BCUT2D eigenvalue weighted by Gasteiger charge is 2.16. The third-order valence-electron chi connectivity index (χ3n) is 4.39. The Morgan fingerprint density at radius 3 is 2.18 bits per heavy atom. The fourth-order valence-electron chi connectivity index (χ4n) is 2.81. The molecular formula is C22H23N3O2S. The van der Waals surface area contributed by atoms with Crippen molar-refractivity contribution in [2.45, 2.75) is 6.04 Å². The van der Waals surface area contributed by atoms with Crippen LogP contribution in [0.5, 0.6) is 0 Å². The van der Waals surface area contributed by atoms with Crippen LogP contribution in [0.3, 0.4) is 0 Å². The van der Waals surface area contributed by atoms with Gasteiger partial charge in [-0.2, -0.15) is 0 Å². The number of nitrogens with zero attached hydrogens (tertiary/aromatic N) is 1. The predicted octanol–water partition coefficient (Wildman–Crippen LogP) is 4.03. The van der Waals surface area contributed by atoms with E-state index in [1.54, 1.807) is 47.7 Å². The molecular weight excluding hydrogens is 370 g/mol. The summed E-state index contributed by atoms with van der Waals surface area (Å²) in [5.74, 6) is -0.313. The molecule has 0 aliphatic carbocycles. The number of carbonyl (C=O) groups is 2. The maximum absolute atomic E-state index is 12.5. The summed E-state index contributed by atoms with van der Waals surface area (Å²) in [4.78, 5) is 28.0. The third kappa shape index (κ3) is 5.06. The van der Waals surface area contributed by atoms with Crippen molar-refractivity contribution in [2.75, 3.05) is 26.0 Å². The van der Waals surface area contributed by atoms with E-state index in [4.69, 9.17) is 0 Å². The topological polar surface area (TPSA) is 61.4 Å². The second kappa shape index (κ2) is 9.30. The SMILES string of the molecule is CN(C)C(CNC(=O)c1ccc(NC(=O)c2ccccc2)cc1)c1cccs1. The Labute approximate surface area is 169 Å². The van der Waals surface area contributed by atoms with Crippen molar-refractivity contribution in [1.29, 1.82) is 0 Å². The fourth-order valence-corrected chi connectivity index (χ4v) is 3.73. The molecule has 0 bridgehead atoms. The van der Waals surface area contributed by atoms with Crippen LogP contribution < -0.4 is 10.6 Å². The summed E-state index contributed by atoms with van der Waals surface area (Å²) in [6, 6.07) is 20.1. The summed E-state index contributed by atoms with van der Waals surface area (Å²) < 4.78 is 0. The average Bonchev–Trinajstić information content (AvgIpc) is 3.23. The molecule has 144 valence electrons. The minimum Gasteiger partial charge on any atom is -0.350 e. The molecule has 1 atom stereocenters. The second-order valence-electron chi connectivity index (χ2n) is 6.60. The van der Waals surface area contributed by atoms with E-state index in [0.717, 1.165) is 0 Å². The van der Waals surface area contributed by atoms with Crippen LogP contribution in [0.2, 0.25) is 0 Å². The second-order valence-corrected chi connectivity index (χ2v) is 7.58. The number of rotatable bonds is 7. The lowest BCUT2D eigenvalue weighted by Crippen LogP contribution is -2.34. The molecule has 0 aliphatic heterocycles. The van der Waals surface area contributed by atoms with Gasteiger partial charge in [0.2, 0.25) is 0 Å². The maximum atomic E-state index is 12.5. The first-order valence-electron chi connectivity index (χ1n) is 8.99. The van der Waals surface area contributed by atoms with Crippen molar-refractivity contribution in [1.82, 2.24) is 10.2 Å². The largest absolute Gasteiger partial charge is 0.350 e. The summed E-state index contributed by atoms with van der Waals surface area (Å²) in [6.07, 6.45) is 0. The van der Waals surface area contributed by atoms with Gasteiger partial charge in [-0.3, -0.25) is 9.59 Å². The van der Waals surface area contributed by atoms with E-state index in [9.17, 15) is 9.59 Å². The van der Waals surface area contributed by atoms with Crippen molar-refractivity contribution in [3.8, 4) is 0 Å². The van der Waals surface area contributed by atoms with E-state index in [-0.39, 0.29) is 17.9 Å². The lowest BCUT2D eigenvalue weighted by Gasteiger charge is -2.23. The zero-order valence-electron chi connectivity index (χ0n) is 15.9. The molecule has 2 amide bonds. The van der Waals surface area contributed by atoms with Gasteiger partial charge < -0.3 is 15.5 Å². The Morgan fingerprint density at radius 1 is 0.893 bits per heavy atom. The minimum atomic E-state index is -0.178. The summed E-state index contributed by atoms with van der Waals surface area (Å²) >= 11 is 1.68. The molecule has 0 spiro atoms. The first-order chi connectivity index (χ1) is 13.5. The maximum Gasteiger partial charge on any atom is 0.255 e. The zero-order valence-corrected chi connectivity index (χ0v) is 16.7. The van der Waals surface area contributed by atoms with Crippen molar-refractivity contribution < 1.29 is 9.59 Å². The molecule has 1 unspecified atom stereocenters. The summed E-state index contributed by atoms with van der Waals surface area (Å²) in [7, 11) is 4.00. The van der Waals surface area contributed by atoms with Crippen LogP contribution in [0.1, 0.15) is 31.6 Å². The molecule has 0 saturated heterocycles. The van der Waals surface area contributed by atoms with E-state index < -0.39 is 0 Å². The summed E-state index contributed by atoms with van der Waals surface area (Å²) in [6.45, 7) is 0.527. The van der Waals surface area contributed by atoms with Crippen molar-refractivity contribution >= 4 is 28.8 Å². The Hall–Kier alpha value is -2.96. The zero-order chi connectivity index (χ0) is 19.9. The first-order valence-corrected chi connectivity index (χ1v) is 9.87. The summed E-state index contributed by atoms with van der Waals surface area (Å²) in [5, 5.41) is 7.86. The third-order valence-corrected chi connectivity index (χ3v) is 5.37. The van der Waals surface area contributed by atoms with E-state index in [0.29, 0.717) is 23.4 Å². The lowest BCUT2D eigenvalue weighted by atomic mass is 10.1. The first kappa shape index (κ1) is 19.8. The van der Waals surface area contributed by atoms with Gasteiger partial charge in [-0.1, -0.05) is 24.3 Å². The van der Waals surface area contributed by atoms with E-state index >= 15 is 0 Å². The van der Waals surface area contributed by atoms with Gasteiger partial charge in [0.05, 0.1) is 6.04 Å². The monoisotopic (exact) mass is 393 g/mol. The minimum absolute atomic E-state index is 0.133. The molecule has 5 nitrogen and oxygen atoms in total. The van der Waals surface area contributed by atoms with Gasteiger partial charge in [0.25, 0.3) is 11.8 Å². The van der Waals surface area contributed by atoms with E-state index in [1.807, 2.05) is 43.7 Å². The Balaban J connectivity index is 1.58.